The first-order chi connectivity index (χ1) is 28.2. The van der Waals surface area contributed by atoms with Crippen molar-refractivity contribution in [2.45, 2.75) is 6.92 Å². The predicted molar refractivity (Wildman–Crippen MR) is 245 cm³/mol. The molecule has 0 fully saturated rings. The zero-order valence-electron chi connectivity index (χ0n) is 31.7. The van der Waals surface area contributed by atoms with Gasteiger partial charge in [-0.05, 0) is 139 Å². The third kappa shape index (κ3) is 5.18. The summed E-state index contributed by atoms with van der Waals surface area (Å²) in [5, 5.41) is 8.78. The molecule has 57 heavy (non-hydrogen) atoms. The highest BCUT2D eigenvalue weighted by molar-refractivity contribution is 6.24. The molecule has 0 spiro atoms. The van der Waals surface area contributed by atoms with E-state index in [1.165, 1.54) is 65.7 Å². The lowest BCUT2D eigenvalue weighted by Crippen LogP contribution is -2.10. The molecule has 0 atom stereocenters. The summed E-state index contributed by atoms with van der Waals surface area (Å²) in [6, 6.07) is 66.7. The number of anilines is 3. The Balaban J connectivity index is 1.14. The van der Waals surface area contributed by atoms with Gasteiger partial charge in [-0.15, -0.1) is 0 Å². The van der Waals surface area contributed by atoms with Crippen molar-refractivity contribution in [1.82, 2.24) is 4.57 Å². The Bertz CT molecular complexity index is 3270. The zero-order chi connectivity index (χ0) is 38.0. The molecular weight excluding hydrogens is 689 g/mol. The van der Waals surface area contributed by atoms with Gasteiger partial charge in [0, 0.05) is 33.7 Å². The topological polar surface area (TPSA) is 8.17 Å². The Morgan fingerprint density at radius 2 is 1.21 bits per heavy atom. The lowest BCUT2D eigenvalue weighted by molar-refractivity contribution is 1.11. The van der Waals surface area contributed by atoms with Crippen LogP contribution in [0, 0.1) is 0 Å². The molecule has 2 nitrogen and oxygen atoms in total. The summed E-state index contributed by atoms with van der Waals surface area (Å²) in [5.74, 6) is 0. The average molecular weight is 727 g/mol. The van der Waals surface area contributed by atoms with Crippen LogP contribution in [0.5, 0.6) is 0 Å². The van der Waals surface area contributed by atoms with E-state index in [-0.39, 0.29) is 0 Å². The molecule has 0 aliphatic heterocycles. The quantitative estimate of drug-likeness (QED) is 0.148. The molecule has 0 unspecified atom stereocenters. The average Bonchev–Trinajstić information content (AvgIpc) is 3.76. The highest BCUT2D eigenvalue weighted by Gasteiger charge is 2.26. The van der Waals surface area contributed by atoms with Crippen LogP contribution >= 0.6 is 0 Å². The maximum Gasteiger partial charge on any atom is 0.0542 e. The second kappa shape index (κ2) is 13.1. The smallest absolute Gasteiger partial charge is 0.0542 e. The van der Waals surface area contributed by atoms with Gasteiger partial charge in [-0.1, -0.05) is 140 Å². The van der Waals surface area contributed by atoms with Crippen LogP contribution in [0.4, 0.5) is 17.1 Å². The van der Waals surface area contributed by atoms with E-state index < -0.39 is 0 Å². The summed E-state index contributed by atoms with van der Waals surface area (Å²) in [6.45, 7) is 6.44. The second-order valence-electron chi connectivity index (χ2n) is 14.9. The van der Waals surface area contributed by atoms with Gasteiger partial charge in [0.05, 0.1) is 11.2 Å². The molecule has 10 aromatic rings. The third-order valence-electron chi connectivity index (χ3n) is 11.7. The Morgan fingerprint density at radius 3 is 2.07 bits per heavy atom. The zero-order valence-corrected chi connectivity index (χ0v) is 31.7. The molecule has 0 saturated carbocycles. The second-order valence-corrected chi connectivity index (χ2v) is 14.9. The van der Waals surface area contributed by atoms with Gasteiger partial charge >= 0.3 is 0 Å². The fourth-order valence-electron chi connectivity index (χ4n) is 9.23. The van der Waals surface area contributed by atoms with Gasteiger partial charge in [0.1, 0.15) is 0 Å². The lowest BCUT2D eigenvalue weighted by Gasteiger charge is -2.27. The normalized spacial score (nSPS) is 11.9. The first-order valence-corrected chi connectivity index (χ1v) is 19.7. The van der Waals surface area contributed by atoms with E-state index in [0.717, 1.165) is 44.9 Å². The lowest BCUT2D eigenvalue weighted by atomic mass is 9.96. The molecule has 11 rings (SSSR count). The van der Waals surface area contributed by atoms with E-state index >= 15 is 0 Å². The molecule has 1 aromatic heterocycles. The van der Waals surface area contributed by atoms with Crippen LogP contribution < -0.4 is 4.90 Å². The van der Waals surface area contributed by atoms with Crippen molar-refractivity contribution in [3.63, 3.8) is 0 Å². The molecule has 0 radical (unpaired) electrons. The van der Waals surface area contributed by atoms with Crippen LogP contribution in [0.2, 0.25) is 0 Å². The first kappa shape index (κ1) is 33.0. The minimum absolute atomic E-state index is 1.08. The number of fused-ring (bicyclic) bond motifs is 7. The maximum atomic E-state index is 4.36. The fraction of sp³-hybridized carbons (Fsp3) is 0.0182. The SMILES string of the molecule is C=Cc1c(/C=C\C)n(-c2ccc3ccccc3c2)c2ccc(N(c3cccc(-c4ccccc4)c3)c3ccc4c(c3)-c3cccc5cc6ccccc6c-4c35)cc12. The van der Waals surface area contributed by atoms with Gasteiger partial charge in [-0.3, -0.25) is 0 Å². The highest BCUT2D eigenvalue weighted by atomic mass is 15.1. The number of benzene rings is 9. The van der Waals surface area contributed by atoms with Crippen LogP contribution in [-0.2, 0) is 0 Å². The van der Waals surface area contributed by atoms with E-state index in [2.05, 4.69) is 217 Å². The minimum atomic E-state index is 1.08. The van der Waals surface area contributed by atoms with Crippen LogP contribution in [0.3, 0.4) is 0 Å². The summed E-state index contributed by atoms with van der Waals surface area (Å²) in [5.41, 5.74) is 15.3. The summed E-state index contributed by atoms with van der Waals surface area (Å²) in [7, 11) is 0. The van der Waals surface area contributed by atoms with Crippen molar-refractivity contribution < 1.29 is 0 Å². The first-order valence-electron chi connectivity index (χ1n) is 19.7. The largest absolute Gasteiger partial charge is 0.310 e. The van der Waals surface area contributed by atoms with Crippen LogP contribution in [0.15, 0.2) is 195 Å². The third-order valence-corrected chi connectivity index (χ3v) is 11.7. The van der Waals surface area contributed by atoms with Crippen molar-refractivity contribution in [2.75, 3.05) is 4.90 Å². The van der Waals surface area contributed by atoms with Gasteiger partial charge in [0.15, 0.2) is 0 Å². The van der Waals surface area contributed by atoms with Gasteiger partial charge in [-0.25, -0.2) is 0 Å². The molecule has 1 aliphatic carbocycles. The monoisotopic (exact) mass is 726 g/mol. The molecule has 0 saturated heterocycles. The maximum absolute atomic E-state index is 4.36. The molecule has 1 heterocycles. The van der Waals surface area contributed by atoms with E-state index in [1.807, 2.05) is 6.08 Å². The summed E-state index contributed by atoms with van der Waals surface area (Å²) in [4.78, 5) is 2.42. The number of hydrogen-bond donors (Lipinski definition) is 0. The van der Waals surface area contributed by atoms with Crippen molar-refractivity contribution in [3.05, 3.63) is 206 Å². The van der Waals surface area contributed by atoms with E-state index in [0.29, 0.717) is 0 Å². The molecule has 0 amide bonds. The molecule has 1 aliphatic rings. The number of aromatic nitrogens is 1. The van der Waals surface area contributed by atoms with E-state index in [9.17, 15) is 0 Å². The van der Waals surface area contributed by atoms with Crippen LogP contribution in [0.25, 0.3) is 94.4 Å². The molecule has 268 valence electrons. The Labute approximate surface area is 332 Å². The van der Waals surface area contributed by atoms with Crippen LogP contribution in [0.1, 0.15) is 18.2 Å². The van der Waals surface area contributed by atoms with E-state index in [4.69, 9.17) is 0 Å². The number of allylic oxidation sites excluding steroid dienone is 1. The molecule has 0 N–H and O–H groups in total. The Morgan fingerprint density at radius 1 is 0.491 bits per heavy atom. The van der Waals surface area contributed by atoms with Gasteiger partial charge < -0.3 is 9.47 Å². The van der Waals surface area contributed by atoms with Crippen molar-refractivity contribution >= 4 is 72.4 Å². The molecule has 9 aromatic carbocycles. The summed E-state index contributed by atoms with van der Waals surface area (Å²) >= 11 is 0. The van der Waals surface area contributed by atoms with E-state index in [1.54, 1.807) is 0 Å². The van der Waals surface area contributed by atoms with Gasteiger partial charge in [0.25, 0.3) is 0 Å². The van der Waals surface area contributed by atoms with Crippen molar-refractivity contribution in [3.8, 4) is 39.1 Å². The van der Waals surface area contributed by atoms with Crippen LogP contribution in [-0.4, -0.2) is 4.57 Å². The number of rotatable bonds is 7. The predicted octanol–water partition coefficient (Wildman–Crippen LogP) is 15.6. The van der Waals surface area contributed by atoms with Gasteiger partial charge in [0.2, 0.25) is 0 Å². The summed E-state index contributed by atoms with van der Waals surface area (Å²) < 4.78 is 2.38. The highest BCUT2D eigenvalue weighted by Crippen LogP contribution is 2.52. The minimum Gasteiger partial charge on any atom is -0.310 e. The van der Waals surface area contributed by atoms with Gasteiger partial charge in [-0.2, -0.15) is 0 Å². The van der Waals surface area contributed by atoms with Crippen molar-refractivity contribution in [2.24, 2.45) is 0 Å². The fourth-order valence-corrected chi connectivity index (χ4v) is 9.23. The number of hydrogen-bond acceptors (Lipinski definition) is 1. The molecule has 2 heteroatoms. The number of nitrogens with zero attached hydrogens (tertiary/aromatic N) is 2. The summed E-state index contributed by atoms with van der Waals surface area (Å²) in [6.07, 6.45) is 6.33. The molecule has 0 bridgehead atoms. The van der Waals surface area contributed by atoms with Crippen molar-refractivity contribution in [1.29, 1.82) is 0 Å². The Kier molecular flexibility index (Phi) is 7.58. The standard InChI is InChI=1S/C55H38N2/c1-3-14-52-46(4-2)51-35-45(28-30-53(51)57(52)43-26-25-37-17-8-9-18-38(37)33-43)56(42-22-12-20-39(32-42)36-15-6-5-7-16-36)44-27-29-49-50(34-44)48-24-13-21-41-31-40-19-10-11-23-47(40)55(49)54(41)48/h3-35H,2H2,1H3/b14-3-. The molecular formula is C55H38N2. The Hall–Kier alpha value is -7.42.